The van der Waals surface area contributed by atoms with Crippen molar-refractivity contribution in [2.24, 2.45) is 5.41 Å². The first-order valence-electron chi connectivity index (χ1n) is 9.62. The lowest BCUT2D eigenvalue weighted by Gasteiger charge is -2.23. The van der Waals surface area contributed by atoms with E-state index in [1.807, 2.05) is 13.8 Å². The summed E-state index contributed by atoms with van der Waals surface area (Å²) in [5, 5.41) is 0. The summed E-state index contributed by atoms with van der Waals surface area (Å²) < 4.78 is 0. The summed E-state index contributed by atoms with van der Waals surface area (Å²) in [6.07, 6.45) is 16.8. The minimum Gasteiger partial charge on any atom is -0.0819 e. The molecule has 0 N–H and O–H groups in total. The van der Waals surface area contributed by atoms with E-state index in [1.165, 1.54) is 35.1 Å². The van der Waals surface area contributed by atoms with Crippen molar-refractivity contribution in [1.29, 1.82) is 0 Å². The molecular formula is C24H42. The Hall–Kier alpha value is -1.30. The van der Waals surface area contributed by atoms with Gasteiger partial charge in [0.25, 0.3) is 0 Å². The van der Waals surface area contributed by atoms with Crippen molar-refractivity contribution in [1.82, 2.24) is 0 Å². The molecular weight excluding hydrogens is 288 g/mol. The second kappa shape index (κ2) is 14.1. The summed E-state index contributed by atoms with van der Waals surface area (Å²) in [4.78, 5) is 0. The molecule has 0 aromatic heterocycles. The van der Waals surface area contributed by atoms with Gasteiger partial charge in [-0.05, 0) is 44.6 Å². The van der Waals surface area contributed by atoms with Crippen LogP contribution in [0.2, 0.25) is 0 Å². The van der Waals surface area contributed by atoms with E-state index < -0.39 is 0 Å². The average molecular weight is 331 g/mol. The van der Waals surface area contributed by atoms with Crippen LogP contribution in [0.5, 0.6) is 0 Å². The minimum atomic E-state index is 0.201. The standard InChI is InChI=1S/C22H36.C2H6/c1-9-12-18(3)14-11-15-19(4)16-17-21(22(6,7)8)20(5)13-10-2;1-2/h11-12,14-17H,9-10,13H2,1-8H3;1-2H3/b14-11+,17-16+,18-12+,19-15+,21-20-;. The van der Waals surface area contributed by atoms with Gasteiger partial charge in [-0.2, -0.15) is 0 Å². The van der Waals surface area contributed by atoms with Crippen molar-refractivity contribution < 1.29 is 0 Å². The zero-order chi connectivity index (χ0) is 19.2. The zero-order valence-corrected chi connectivity index (χ0v) is 18.1. The quantitative estimate of drug-likeness (QED) is 0.410. The average Bonchev–Trinajstić information content (AvgIpc) is 2.48. The lowest BCUT2D eigenvalue weighted by molar-refractivity contribution is 0.508. The molecule has 0 nitrogen and oxygen atoms in total. The second-order valence-corrected chi connectivity index (χ2v) is 7.15. The largest absolute Gasteiger partial charge is 0.0819 e. The monoisotopic (exact) mass is 330 g/mol. The summed E-state index contributed by atoms with van der Waals surface area (Å²) in [6.45, 7) is 21.9. The van der Waals surface area contributed by atoms with Crippen LogP contribution in [0.3, 0.4) is 0 Å². The third-order valence-corrected chi connectivity index (χ3v) is 3.65. The summed E-state index contributed by atoms with van der Waals surface area (Å²) in [7, 11) is 0. The smallest absolute Gasteiger partial charge is 0.0132 e. The maximum atomic E-state index is 2.30. The van der Waals surface area contributed by atoms with Crippen molar-refractivity contribution in [3.05, 3.63) is 58.7 Å². The van der Waals surface area contributed by atoms with E-state index in [0.29, 0.717) is 0 Å². The van der Waals surface area contributed by atoms with Crippen LogP contribution in [0.1, 0.15) is 88.5 Å². The van der Waals surface area contributed by atoms with Crippen molar-refractivity contribution in [3.8, 4) is 0 Å². The van der Waals surface area contributed by atoms with Crippen LogP contribution < -0.4 is 0 Å². The number of allylic oxidation sites excluding steroid dienone is 10. The topological polar surface area (TPSA) is 0 Å². The molecule has 0 aliphatic carbocycles. The second-order valence-electron chi connectivity index (χ2n) is 7.15. The molecule has 0 radical (unpaired) electrons. The molecule has 0 heteroatoms. The number of hydrogen-bond donors (Lipinski definition) is 0. The van der Waals surface area contributed by atoms with E-state index in [1.54, 1.807) is 0 Å². The molecule has 0 aliphatic rings. The maximum Gasteiger partial charge on any atom is -0.0132 e. The van der Waals surface area contributed by atoms with Crippen LogP contribution in [0.25, 0.3) is 0 Å². The lowest BCUT2D eigenvalue weighted by Crippen LogP contribution is -2.09. The van der Waals surface area contributed by atoms with Crippen LogP contribution in [0.15, 0.2) is 58.7 Å². The van der Waals surface area contributed by atoms with Crippen molar-refractivity contribution in [2.45, 2.75) is 88.5 Å². The highest BCUT2D eigenvalue weighted by Crippen LogP contribution is 2.31. The van der Waals surface area contributed by atoms with Gasteiger partial charge in [-0.3, -0.25) is 0 Å². The fraction of sp³-hybridized carbons (Fsp3) is 0.583. The Morgan fingerprint density at radius 1 is 0.833 bits per heavy atom. The molecule has 0 amide bonds. The van der Waals surface area contributed by atoms with Gasteiger partial charge in [0.15, 0.2) is 0 Å². The van der Waals surface area contributed by atoms with Crippen LogP contribution in [0.4, 0.5) is 0 Å². The maximum absolute atomic E-state index is 2.30. The lowest BCUT2D eigenvalue weighted by atomic mass is 9.82. The van der Waals surface area contributed by atoms with E-state index in [-0.39, 0.29) is 5.41 Å². The molecule has 0 aromatic carbocycles. The van der Waals surface area contributed by atoms with Gasteiger partial charge < -0.3 is 0 Å². The number of rotatable bonds is 7. The molecule has 138 valence electrons. The molecule has 0 rings (SSSR count). The molecule has 0 aliphatic heterocycles. The molecule has 0 fully saturated rings. The molecule has 0 atom stereocenters. The first kappa shape index (κ1) is 24.9. The van der Waals surface area contributed by atoms with E-state index in [2.05, 4.69) is 91.8 Å². The number of hydrogen-bond acceptors (Lipinski definition) is 0. The normalized spacial score (nSPS) is 14.8. The van der Waals surface area contributed by atoms with Crippen LogP contribution >= 0.6 is 0 Å². The molecule has 24 heavy (non-hydrogen) atoms. The predicted octanol–water partition coefficient (Wildman–Crippen LogP) is 8.59. The first-order chi connectivity index (χ1) is 11.2. The van der Waals surface area contributed by atoms with Gasteiger partial charge in [0.1, 0.15) is 0 Å². The molecule has 0 aromatic rings. The molecule has 0 unspecified atom stereocenters. The summed E-state index contributed by atoms with van der Waals surface area (Å²) in [5.74, 6) is 0. The molecule has 0 saturated carbocycles. The van der Waals surface area contributed by atoms with Crippen molar-refractivity contribution in [2.75, 3.05) is 0 Å². The van der Waals surface area contributed by atoms with Gasteiger partial charge in [0.05, 0.1) is 0 Å². The van der Waals surface area contributed by atoms with Crippen LogP contribution in [0, 0.1) is 5.41 Å². The molecule has 0 bridgehead atoms. The van der Waals surface area contributed by atoms with Gasteiger partial charge in [0.2, 0.25) is 0 Å². The van der Waals surface area contributed by atoms with E-state index in [9.17, 15) is 0 Å². The Kier molecular flexibility index (Phi) is 14.6. The minimum absolute atomic E-state index is 0.201. The Labute approximate surface area is 153 Å². The van der Waals surface area contributed by atoms with Crippen LogP contribution in [-0.2, 0) is 0 Å². The third-order valence-electron chi connectivity index (χ3n) is 3.65. The summed E-state index contributed by atoms with van der Waals surface area (Å²) >= 11 is 0. The van der Waals surface area contributed by atoms with Gasteiger partial charge in [-0.25, -0.2) is 0 Å². The van der Waals surface area contributed by atoms with E-state index in [0.717, 1.165) is 6.42 Å². The Bertz CT molecular complexity index is 471. The molecule has 0 saturated heterocycles. The Morgan fingerprint density at radius 3 is 1.88 bits per heavy atom. The van der Waals surface area contributed by atoms with Crippen molar-refractivity contribution in [3.63, 3.8) is 0 Å². The fourth-order valence-electron chi connectivity index (χ4n) is 2.55. The van der Waals surface area contributed by atoms with E-state index >= 15 is 0 Å². The highest BCUT2D eigenvalue weighted by Gasteiger charge is 2.16. The van der Waals surface area contributed by atoms with Gasteiger partial charge in [-0.1, -0.05) is 108 Å². The zero-order valence-electron chi connectivity index (χ0n) is 18.1. The summed E-state index contributed by atoms with van der Waals surface area (Å²) in [6, 6.07) is 0. The van der Waals surface area contributed by atoms with Gasteiger partial charge >= 0.3 is 0 Å². The van der Waals surface area contributed by atoms with Crippen molar-refractivity contribution >= 4 is 0 Å². The highest BCUT2D eigenvalue weighted by atomic mass is 14.2. The van der Waals surface area contributed by atoms with Gasteiger partial charge in [0, 0.05) is 0 Å². The SMILES string of the molecule is CC.CC/C=C(C)/C=C/C=C(C)/C=C/C(=C(\C)CCC)C(C)(C)C. The molecule has 0 heterocycles. The fourth-order valence-corrected chi connectivity index (χ4v) is 2.55. The predicted molar refractivity (Wildman–Crippen MR) is 114 cm³/mol. The molecule has 0 spiro atoms. The van der Waals surface area contributed by atoms with E-state index in [4.69, 9.17) is 0 Å². The third kappa shape index (κ3) is 12.2. The summed E-state index contributed by atoms with van der Waals surface area (Å²) in [5.41, 5.74) is 5.78. The Morgan fingerprint density at radius 2 is 1.42 bits per heavy atom. The van der Waals surface area contributed by atoms with Gasteiger partial charge in [-0.15, -0.1) is 0 Å². The van der Waals surface area contributed by atoms with Crippen LogP contribution in [-0.4, -0.2) is 0 Å². The highest BCUT2D eigenvalue weighted by molar-refractivity contribution is 5.35. The Balaban J connectivity index is 0. The first-order valence-corrected chi connectivity index (χ1v) is 9.62.